The molecule has 1 heterocycles. The summed E-state index contributed by atoms with van der Waals surface area (Å²) in [7, 11) is 0. The van der Waals surface area contributed by atoms with Gasteiger partial charge in [0.1, 0.15) is 6.04 Å². The fourth-order valence-corrected chi connectivity index (χ4v) is 1.25. The fourth-order valence-electron chi connectivity index (χ4n) is 1.25. The van der Waals surface area contributed by atoms with Gasteiger partial charge < -0.3 is 10.4 Å². The number of nitrogens with one attached hydrogen (secondary N) is 1. The third-order valence-corrected chi connectivity index (χ3v) is 1.99. The average Bonchev–Trinajstić information content (AvgIpc) is 2.18. The molecule has 82 valence electrons. The molecule has 15 heavy (non-hydrogen) atoms. The average molecular weight is 208 g/mol. The molecule has 0 aliphatic heterocycles. The molecule has 1 aromatic heterocycles. The van der Waals surface area contributed by atoms with Crippen LogP contribution in [-0.4, -0.2) is 22.6 Å². The Morgan fingerprint density at radius 1 is 1.60 bits per heavy atom. The molecule has 1 atom stereocenters. The van der Waals surface area contributed by atoms with Crippen LogP contribution >= 0.6 is 0 Å². The van der Waals surface area contributed by atoms with Crippen molar-refractivity contribution in [3.05, 3.63) is 30.1 Å². The van der Waals surface area contributed by atoms with Crippen molar-refractivity contribution in [3.63, 3.8) is 0 Å². The van der Waals surface area contributed by atoms with Crippen molar-refractivity contribution >= 4 is 5.97 Å². The zero-order chi connectivity index (χ0) is 11.3. The van der Waals surface area contributed by atoms with Crippen LogP contribution in [0.2, 0.25) is 0 Å². The lowest BCUT2D eigenvalue weighted by atomic mass is 10.1. The maximum absolute atomic E-state index is 11.0. The maximum Gasteiger partial charge on any atom is 0.325 e. The number of hydrogen-bond donors (Lipinski definition) is 2. The van der Waals surface area contributed by atoms with Gasteiger partial charge in [-0.2, -0.15) is 0 Å². The first-order chi connectivity index (χ1) is 7.11. The minimum absolute atomic E-state index is 0.420. The van der Waals surface area contributed by atoms with Gasteiger partial charge in [0.2, 0.25) is 0 Å². The minimum atomic E-state index is -0.872. The summed E-state index contributed by atoms with van der Waals surface area (Å²) >= 11 is 0. The van der Waals surface area contributed by atoms with E-state index in [2.05, 4.69) is 10.3 Å². The third-order valence-electron chi connectivity index (χ3n) is 1.99. The summed E-state index contributed by atoms with van der Waals surface area (Å²) in [6, 6.07) is 2.84. The highest BCUT2D eigenvalue weighted by Crippen LogP contribution is 2.11. The number of carboxylic acid groups (broad SMARTS) is 1. The van der Waals surface area contributed by atoms with Crippen LogP contribution in [0.4, 0.5) is 0 Å². The number of carbonyl (C=O) groups is 1. The lowest BCUT2D eigenvalue weighted by Crippen LogP contribution is -2.31. The number of pyridine rings is 1. The Morgan fingerprint density at radius 3 is 2.80 bits per heavy atom. The normalized spacial score (nSPS) is 12.7. The minimum Gasteiger partial charge on any atom is -0.480 e. The SMILES string of the molecule is CC(C)CNC(C(=O)O)c1cccnc1. The molecular weight excluding hydrogens is 192 g/mol. The van der Waals surface area contributed by atoms with Crippen molar-refractivity contribution in [3.8, 4) is 0 Å². The number of aliphatic carboxylic acids is 1. The Labute approximate surface area is 89.3 Å². The molecule has 2 N–H and O–H groups in total. The second-order valence-corrected chi connectivity index (χ2v) is 3.86. The molecule has 0 saturated carbocycles. The van der Waals surface area contributed by atoms with E-state index in [4.69, 9.17) is 5.11 Å². The number of carboxylic acids is 1. The van der Waals surface area contributed by atoms with Gasteiger partial charge in [-0.15, -0.1) is 0 Å². The molecule has 0 aromatic carbocycles. The van der Waals surface area contributed by atoms with Crippen LogP contribution in [-0.2, 0) is 4.79 Å². The van der Waals surface area contributed by atoms with Gasteiger partial charge in [0.25, 0.3) is 0 Å². The predicted octanol–water partition coefficient (Wildman–Crippen LogP) is 1.45. The molecule has 0 aliphatic rings. The van der Waals surface area contributed by atoms with Gasteiger partial charge in [0, 0.05) is 12.4 Å². The van der Waals surface area contributed by atoms with Crippen molar-refractivity contribution in [2.45, 2.75) is 19.9 Å². The van der Waals surface area contributed by atoms with Gasteiger partial charge in [-0.3, -0.25) is 9.78 Å². The standard InChI is InChI=1S/C11H16N2O2/c1-8(2)6-13-10(11(14)15)9-4-3-5-12-7-9/h3-5,7-8,10,13H,6H2,1-2H3,(H,14,15). The summed E-state index contributed by atoms with van der Waals surface area (Å²) in [5.74, 6) is -0.452. The van der Waals surface area contributed by atoms with Gasteiger partial charge in [0.15, 0.2) is 0 Å². The highest BCUT2D eigenvalue weighted by Gasteiger charge is 2.19. The molecule has 1 aromatic rings. The molecule has 0 amide bonds. The third kappa shape index (κ3) is 3.67. The lowest BCUT2D eigenvalue weighted by Gasteiger charge is -2.15. The zero-order valence-electron chi connectivity index (χ0n) is 8.97. The van der Waals surface area contributed by atoms with Crippen LogP contribution in [0.5, 0.6) is 0 Å². The molecule has 0 spiro atoms. The second-order valence-electron chi connectivity index (χ2n) is 3.86. The fraction of sp³-hybridized carbons (Fsp3) is 0.455. The quantitative estimate of drug-likeness (QED) is 0.768. The van der Waals surface area contributed by atoms with Crippen LogP contribution in [0.15, 0.2) is 24.5 Å². The molecule has 0 saturated heterocycles. The highest BCUT2D eigenvalue weighted by molar-refractivity contribution is 5.75. The molecule has 0 radical (unpaired) electrons. The summed E-state index contributed by atoms with van der Waals surface area (Å²) in [5.41, 5.74) is 0.686. The van der Waals surface area contributed by atoms with E-state index in [1.54, 1.807) is 24.5 Å². The van der Waals surface area contributed by atoms with Crippen LogP contribution in [0, 0.1) is 5.92 Å². The summed E-state index contributed by atoms with van der Waals surface area (Å²) in [6.07, 6.45) is 3.21. The Kier molecular flexibility index (Phi) is 4.24. The van der Waals surface area contributed by atoms with Crippen molar-refractivity contribution in [2.24, 2.45) is 5.92 Å². The van der Waals surface area contributed by atoms with Gasteiger partial charge in [-0.1, -0.05) is 19.9 Å². The first-order valence-electron chi connectivity index (χ1n) is 4.97. The van der Waals surface area contributed by atoms with E-state index in [9.17, 15) is 4.79 Å². The number of aromatic nitrogens is 1. The molecule has 4 heteroatoms. The molecule has 4 nitrogen and oxygen atoms in total. The van der Waals surface area contributed by atoms with Gasteiger partial charge >= 0.3 is 5.97 Å². The topological polar surface area (TPSA) is 62.2 Å². The van der Waals surface area contributed by atoms with Crippen LogP contribution in [0.25, 0.3) is 0 Å². The maximum atomic E-state index is 11.0. The number of hydrogen-bond acceptors (Lipinski definition) is 3. The van der Waals surface area contributed by atoms with E-state index in [0.29, 0.717) is 18.0 Å². The van der Waals surface area contributed by atoms with Crippen LogP contribution in [0.1, 0.15) is 25.5 Å². The van der Waals surface area contributed by atoms with Crippen molar-refractivity contribution < 1.29 is 9.90 Å². The second kappa shape index (κ2) is 5.46. The first kappa shape index (κ1) is 11.7. The molecule has 1 rings (SSSR count). The molecule has 0 aliphatic carbocycles. The zero-order valence-corrected chi connectivity index (χ0v) is 8.97. The van der Waals surface area contributed by atoms with E-state index in [-0.39, 0.29) is 0 Å². The van der Waals surface area contributed by atoms with Crippen molar-refractivity contribution in [1.29, 1.82) is 0 Å². The molecule has 0 fully saturated rings. The Hall–Kier alpha value is -1.42. The predicted molar refractivity (Wildman–Crippen MR) is 57.5 cm³/mol. The largest absolute Gasteiger partial charge is 0.480 e. The first-order valence-corrected chi connectivity index (χ1v) is 4.97. The molecule has 1 unspecified atom stereocenters. The van der Waals surface area contributed by atoms with Crippen molar-refractivity contribution in [1.82, 2.24) is 10.3 Å². The molecular formula is C11H16N2O2. The lowest BCUT2D eigenvalue weighted by molar-refractivity contribution is -0.139. The number of rotatable bonds is 5. The van der Waals surface area contributed by atoms with E-state index >= 15 is 0 Å². The van der Waals surface area contributed by atoms with E-state index < -0.39 is 12.0 Å². The summed E-state index contributed by atoms with van der Waals surface area (Å²) in [5, 5.41) is 12.0. The summed E-state index contributed by atoms with van der Waals surface area (Å²) < 4.78 is 0. The van der Waals surface area contributed by atoms with E-state index in [0.717, 1.165) is 0 Å². The Morgan fingerprint density at radius 2 is 2.33 bits per heavy atom. The van der Waals surface area contributed by atoms with E-state index in [1.807, 2.05) is 13.8 Å². The summed E-state index contributed by atoms with van der Waals surface area (Å²) in [6.45, 7) is 4.75. The summed E-state index contributed by atoms with van der Waals surface area (Å²) in [4.78, 5) is 14.9. The van der Waals surface area contributed by atoms with E-state index in [1.165, 1.54) is 0 Å². The smallest absolute Gasteiger partial charge is 0.325 e. The molecule has 0 bridgehead atoms. The monoisotopic (exact) mass is 208 g/mol. The van der Waals surface area contributed by atoms with Crippen molar-refractivity contribution in [2.75, 3.05) is 6.54 Å². The Balaban J connectivity index is 2.71. The van der Waals surface area contributed by atoms with Crippen LogP contribution < -0.4 is 5.32 Å². The Bertz CT molecular complexity index is 312. The van der Waals surface area contributed by atoms with Gasteiger partial charge in [-0.25, -0.2) is 0 Å². The van der Waals surface area contributed by atoms with Gasteiger partial charge in [-0.05, 0) is 24.1 Å². The van der Waals surface area contributed by atoms with Gasteiger partial charge in [0.05, 0.1) is 0 Å². The van der Waals surface area contributed by atoms with Crippen LogP contribution in [0.3, 0.4) is 0 Å². The number of nitrogens with zero attached hydrogens (tertiary/aromatic N) is 1. The highest BCUT2D eigenvalue weighted by atomic mass is 16.4.